The monoisotopic (exact) mass is 428 g/mol. The molecule has 1 atom stereocenters. The summed E-state index contributed by atoms with van der Waals surface area (Å²) >= 11 is 0. The summed E-state index contributed by atoms with van der Waals surface area (Å²) in [7, 11) is 0. The van der Waals surface area contributed by atoms with E-state index in [1.54, 1.807) is 6.92 Å². The molecule has 1 unspecified atom stereocenters. The minimum atomic E-state index is 0. The first-order valence-electron chi connectivity index (χ1n) is 10.3. The van der Waals surface area contributed by atoms with E-state index in [4.69, 9.17) is 9.26 Å². The molecule has 2 aromatic carbocycles. The van der Waals surface area contributed by atoms with E-state index in [2.05, 4.69) is 63.7 Å². The van der Waals surface area contributed by atoms with Crippen LogP contribution in [-0.2, 0) is 19.6 Å². The van der Waals surface area contributed by atoms with Gasteiger partial charge in [0.25, 0.3) is 0 Å². The predicted molar refractivity (Wildman–Crippen MR) is 119 cm³/mol. The highest BCUT2D eigenvalue weighted by atomic mass is 35.5. The third kappa shape index (κ3) is 5.59. The van der Waals surface area contributed by atoms with Crippen molar-refractivity contribution in [3.05, 3.63) is 76.9 Å². The number of rotatable bonds is 7. The number of aryl methyl sites for hydroxylation is 2. The van der Waals surface area contributed by atoms with Crippen LogP contribution in [0, 0.1) is 6.92 Å². The summed E-state index contributed by atoms with van der Waals surface area (Å²) in [5, 5.41) is 7.39. The maximum Gasteiger partial charge on any atom is 0.223 e. The third-order valence-electron chi connectivity index (χ3n) is 5.37. The fourth-order valence-electron chi connectivity index (χ4n) is 3.71. The van der Waals surface area contributed by atoms with Crippen molar-refractivity contribution in [1.82, 2.24) is 20.4 Å². The van der Waals surface area contributed by atoms with E-state index in [1.165, 1.54) is 16.7 Å². The van der Waals surface area contributed by atoms with Crippen LogP contribution in [-0.4, -0.2) is 34.7 Å². The van der Waals surface area contributed by atoms with E-state index in [1.807, 2.05) is 12.1 Å². The van der Waals surface area contributed by atoms with Gasteiger partial charge in [-0.05, 0) is 35.2 Å². The fourth-order valence-corrected chi connectivity index (χ4v) is 3.71. The lowest BCUT2D eigenvalue weighted by Crippen LogP contribution is -2.45. The zero-order chi connectivity index (χ0) is 20.1. The number of halogens is 1. The van der Waals surface area contributed by atoms with E-state index in [-0.39, 0.29) is 12.4 Å². The van der Waals surface area contributed by atoms with Crippen LogP contribution < -0.4 is 10.1 Å². The van der Waals surface area contributed by atoms with Gasteiger partial charge < -0.3 is 14.6 Å². The number of ether oxygens (including phenoxy) is 1. The Morgan fingerprint density at radius 1 is 1.10 bits per heavy atom. The van der Waals surface area contributed by atoms with Gasteiger partial charge in [0.15, 0.2) is 6.61 Å². The van der Waals surface area contributed by atoms with Gasteiger partial charge in [-0.3, -0.25) is 4.90 Å². The third-order valence-corrected chi connectivity index (χ3v) is 5.37. The van der Waals surface area contributed by atoms with Crippen LogP contribution in [0.25, 0.3) is 0 Å². The molecule has 0 saturated carbocycles. The van der Waals surface area contributed by atoms with Gasteiger partial charge in [-0.25, -0.2) is 0 Å². The highest BCUT2D eigenvalue weighted by Crippen LogP contribution is 2.25. The standard InChI is InChI=1S/C23H28N4O2.ClH/c1-3-18-4-8-20(9-5-18)22-14-24-12-13-27(22)15-19-6-10-21(11-7-19)28-16-23-25-17(2)29-26-23;/h4-11,22,24H,3,12-16H2,1-2H3;1H. The molecule has 1 saturated heterocycles. The van der Waals surface area contributed by atoms with Gasteiger partial charge in [-0.1, -0.05) is 48.5 Å². The van der Waals surface area contributed by atoms with Gasteiger partial charge in [-0.2, -0.15) is 4.98 Å². The normalized spacial score (nSPS) is 16.8. The number of benzene rings is 2. The summed E-state index contributed by atoms with van der Waals surface area (Å²) in [6.45, 7) is 8.24. The predicted octanol–water partition coefficient (Wildman–Crippen LogP) is 4.09. The summed E-state index contributed by atoms with van der Waals surface area (Å²) in [6, 6.07) is 17.7. The number of hydrogen-bond donors (Lipinski definition) is 1. The van der Waals surface area contributed by atoms with Crippen LogP contribution in [0.4, 0.5) is 0 Å². The first kappa shape index (κ1) is 22.3. The summed E-state index contributed by atoms with van der Waals surface area (Å²) in [5.41, 5.74) is 4.05. The summed E-state index contributed by atoms with van der Waals surface area (Å²) in [5.74, 6) is 1.92. The lowest BCUT2D eigenvalue weighted by Gasteiger charge is -2.36. The molecule has 0 amide bonds. The molecule has 30 heavy (non-hydrogen) atoms. The highest BCUT2D eigenvalue weighted by molar-refractivity contribution is 5.85. The Kier molecular flexibility index (Phi) is 7.85. The van der Waals surface area contributed by atoms with Crippen molar-refractivity contribution >= 4 is 12.4 Å². The Bertz CT molecular complexity index is 912. The molecule has 2 heterocycles. The van der Waals surface area contributed by atoms with Crippen molar-refractivity contribution in [3.63, 3.8) is 0 Å². The van der Waals surface area contributed by atoms with Gasteiger partial charge in [0.2, 0.25) is 11.7 Å². The summed E-state index contributed by atoms with van der Waals surface area (Å²) < 4.78 is 10.7. The minimum absolute atomic E-state index is 0. The largest absolute Gasteiger partial charge is 0.485 e. The first-order valence-corrected chi connectivity index (χ1v) is 10.3. The Hall–Kier alpha value is -2.41. The Balaban J connectivity index is 0.00000256. The molecule has 0 bridgehead atoms. The lowest BCUT2D eigenvalue weighted by molar-refractivity contribution is 0.153. The minimum Gasteiger partial charge on any atom is -0.485 e. The van der Waals surface area contributed by atoms with Crippen LogP contribution >= 0.6 is 12.4 Å². The fraction of sp³-hybridized carbons (Fsp3) is 0.391. The highest BCUT2D eigenvalue weighted by Gasteiger charge is 2.23. The number of piperazine rings is 1. The van der Waals surface area contributed by atoms with E-state index in [0.717, 1.165) is 38.3 Å². The zero-order valence-electron chi connectivity index (χ0n) is 17.5. The van der Waals surface area contributed by atoms with Gasteiger partial charge in [0.05, 0.1) is 0 Å². The molecule has 160 valence electrons. The second-order valence-corrected chi connectivity index (χ2v) is 7.45. The molecule has 7 heteroatoms. The van der Waals surface area contributed by atoms with Crippen LogP contribution in [0.15, 0.2) is 53.1 Å². The van der Waals surface area contributed by atoms with Crippen molar-refractivity contribution in [2.24, 2.45) is 0 Å². The van der Waals surface area contributed by atoms with Crippen LogP contribution in [0.2, 0.25) is 0 Å². The molecule has 1 fully saturated rings. The van der Waals surface area contributed by atoms with Crippen molar-refractivity contribution < 1.29 is 9.26 Å². The van der Waals surface area contributed by atoms with Crippen molar-refractivity contribution in [2.75, 3.05) is 19.6 Å². The van der Waals surface area contributed by atoms with E-state index in [0.29, 0.717) is 24.4 Å². The van der Waals surface area contributed by atoms with Crippen LogP contribution in [0.1, 0.15) is 41.4 Å². The van der Waals surface area contributed by atoms with E-state index >= 15 is 0 Å². The maximum absolute atomic E-state index is 5.75. The van der Waals surface area contributed by atoms with Crippen molar-refractivity contribution in [2.45, 2.75) is 39.5 Å². The molecule has 1 aromatic heterocycles. The van der Waals surface area contributed by atoms with E-state index < -0.39 is 0 Å². The number of nitrogens with zero attached hydrogens (tertiary/aromatic N) is 3. The van der Waals surface area contributed by atoms with E-state index in [9.17, 15) is 0 Å². The van der Waals surface area contributed by atoms with Gasteiger partial charge >= 0.3 is 0 Å². The van der Waals surface area contributed by atoms with Crippen molar-refractivity contribution in [3.8, 4) is 5.75 Å². The average Bonchev–Trinajstić information content (AvgIpc) is 3.19. The molecule has 0 aliphatic carbocycles. The molecule has 1 aliphatic heterocycles. The SMILES string of the molecule is CCc1ccc(C2CNCCN2Cc2ccc(OCc3noc(C)n3)cc2)cc1.Cl. The zero-order valence-corrected chi connectivity index (χ0v) is 18.3. The summed E-state index contributed by atoms with van der Waals surface area (Å²) in [6.07, 6.45) is 1.08. The maximum atomic E-state index is 5.75. The topological polar surface area (TPSA) is 63.4 Å². The van der Waals surface area contributed by atoms with Gasteiger partial charge in [0, 0.05) is 39.1 Å². The van der Waals surface area contributed by atoms with Crippen molar-refractivity contribution in [1.29, 1.82) is 0 Å². The van der Waals surface area contributed by atoms with Crippen LogP contribution in [0.5, 0.6) is 5.75 Å². The average molecular weight is 429 g/mol. The molecule has 0 spiro atoms. The Morgan fingerprint density at radius 2 is 1.83 bits per heavy atom. The second-order valence-electron chi connectivity index (χ2n) is 7.45. The smallest absolute Gasteiger partial charge is 0.223 e. The lowest BCUT2D eigenvalue weighted by atomic mass is 10.00. The molecule has 1 aliphatic rings. The number of aromatic nitrogens is 2. The molecule has 1 N–H and O–H groups in total. The molecule has 0 radical (unpaired) electrons. The molecular weight excluding hydrogens is 400 g/mol. The Labute approximate surface area is 184 Å². The van der Waals surface area contributed by atoms with Crippen LogP contribution in [0.3, 0.4) is 0 Å². The second kappa shape index (κ2) is 10.6. The Morgan fingerprint density at radius 3 is 2.50 bits per heavy atom. The molecular formula is C23H29ClN4O2. The molecule has 4 rings (SSSR count). The van der Waals surface area contributed by atoms with Gasteiger partial charge in [0.1, 0.15) is 5.75 Å². The first-order chi connectivity index (χ1) is 14.2. The molecule has 6 nitrogen and oxygen atoms in total. The van der Waals surface area contributed by atoms with Gasteiger partial charge in [-0.15, -0.1) is 12.4 Å². The summed E-state index contributed by atoms with van der Waals surface area (Å²) in [4.78, 5) is 6.70. The quantitative estimate of drug-likeness (QED) is 0.611. The number of nitrogens with one attached hydrogen (secondary N) is 1. The number of hydrogen-bond acceptors (Lipinski definition) is 6. The molecule has 3 aromatic rings.